The van der Waals surface area contributed by atoms with Gasteiger partial charge in [0.25, 0.3) is 0 Å². The van der Waals surface area contributed by atoms with Crippen LogP contribution < -0.4 is 0 Å². The van der Waals surface area contributed by atoms with E-state index >= 15 is 0 Å². The van der Waals surface area contributed by atoms with Crippen molar-refractivity contribution < 1.29 is 22.7 Å². The van der Waals surface area contributed by atoms with Gasteiger partial charge in [-0.25, -0.2) is 4.79 Å². The predicted octanol–water partition coefficient (Wildman–Crippen LogP) is 4.25. The monoisotopic (exact) mass is 278 g/mol. The lowest BCUT2D eigenvalue weighted by molar-refractivity contribution is -0.0328. The molecule has 0 heterocycles. The molecule has 0 atom stereocenters. The molecule has 0 aliphatic rings. The van der Waals surface area contributed by atoms with E-state index in [0.29, 0.717) is 0 Å². The first-order valence-corrected chi connectivity index (χ1v) is 5.98. The number of hydrogen-bond acceptors (Lipinski definition) is 3. The predicted molar refractivity (Wildman–Crippen MR) is 63.5 cm³/mol. The van der Waals surface area contributed by atoms with Gasteiger partial charge in [0.15, 0.2) is 0 Å². The molecule has 1 aromatic carbocycles. The van der Waals surface area contributed by atoms with Gasteiger partial charge in [0, 0.05) is 4.90 Å². The Morgan fingerprint density at radius 2 is 1.72 bits per heavy atom. The zero-order chi connectivity index (χ0) is 14.0. The van der Waals surface area contributed by atoms with Gasteiger partial charge in [0.2, 0.25) is 0 Å². The lowest BCUT2D eigenvalue weighted by atomic mass is 10.1. The largest absolute Gasteiger partial charge is 0.456 e. The smallest absolute Gasteiger partial charge is 0.446 e. The minimum Gasteiger partial charge on any atom is -0.456 e. The molecule has 0 saturated heterocycles. The summed E-state index contributed by atoms with van der Waals surface area (Å²) in [5.74, 6) is -0.755. The lowest BCUT2D eigenvalue weighted by Crippen LogP contribution is -2.24. The standard InChI is InChI=1S/C12H13F3O2S/c1-11(2,3)17-10(16)8-6-4-5-7-9(8)18-12(13,14)15/h4-7H,1-3H3. The highest BCUT2D eigenvalue weighted by atomic mass is 32.2. The number of thioether (sulfide) groups is 1. The van der Waals surface area contributed by atoms with E-state index in [9.17, 15) is 18.0 Å². The Bertz CT molecular complexity index is 436. The Hall–Kier alpha value is -1.17. The molecular formula is C12H13F3O2S. The molecule has 0 fully saturated rings. The minimum atomic E-state index is -4.43. The Morgan fingerprint density at radius 3 is 2.22 bits per heavy atom. The van der Waals surface area contributed by atoms with Crippen molar-refractivity contribution in [2.45, 2.75) is 36.8 Å². The van der Waals surface area contributed by atoms with E-state index in [1.807, 2.05) is 0 Å². The summed E-state index contributed by atoms with van der Waals surface area (Å²) in [6.07, 6.45) is 0. The van der Waals surface area contributed by atoms with Gasteiger partial charge in [-0.3, -0.25) is 0 Å². The van der Waals surface area contributed by atoms with Crippen molar-refractivity contribution in [2.75, 3.05) is 0 Å². The van der Waals surface area contributed by atoms with Gasteiger partial charge in [0.05, 0.1) is 5.56 Å². The molecule has 0 unspecified atom stereocenters. The summed E-state index contributed by atoms with van der Waals surface area (Å²) in [4.78, 5) is 11.6. The first kappa shape index (κ1) is 14.9. The Labute approximate surface area is 108 Å². The normalized spacial score (nSPS) is 12.3. The summed E-state index contributed by atoms with van der Waals surface area (Å²) in [6, 6.07) is 5.52. The van der Waals surface area contributed by atoms with E-state index in [2.05, 4.69) is 0 Å². The fourth-order valence-corrected chi connectivity index (χ4v) is 1.84. The number of esters is 1. The van der Waals surface area contributed by atoms with Crippen molar-refractivity contribution in [3.05, 3.63) is 29.8 Å². The van der Waals surface area contributed by atoms with Gasteiger partial charge in [-0.05, 0) is 44.7 Å². The molecule has 0 bridgehead atoms. The minimum absolute atomic E-state index is 0.0743. The van der Waals surface area contributed by atoms with Crippen LogP contribution in [0, 0.1) is 0 Å². The number of halogens is 3. The summed E-state index contributed by atoms with van der Waals surface area (Å²) < 4.78 is 42.1. The summed E-state index contributed by atoms with van der Waals surface area (Å²) in [5.41, 5.74) is -5.25. The molecule has 1 aromatic rings. The highest BCUT2D eigenvalue weighted by molar-refractivity contribution is 8.00. The third-order valence-electron chi connectivity index (χ3n) is 1.73. The van der Waals surface area contributed by atoms with Crippen LogP contribution in [0.15, 0.2) is 29.2 Å². The number of hydrogen-bond donors (Lipinski definition) is 0. The van der Waals surface area contributed by atoms with Crippen LogP contribution in [0.25, 0.3) is 0 Å². The van der Waals surface area contributed by atoms with Gasteiger partial charge in [-0.2, -0.15) is 13.2 Å². The van der Waals surface area contributed by atoms with Crippen LogP contribution in [0.3, 0.4) is 0 Å². The molecule has 1 rings (SSSR count). The first-order valence-electron chi connectivity index (χ1n) is 5.16. The van der Waals surface area contributed by atoms with Crippen LogP contribution in [-0.2, 0) is 4.74 Å². The van der Waals surface area contributed by atoms with Crippen molar-refractivity contribution in [2.24, 2.45) is 0 Å². The molecule has 0 N–H and O–H groups in total. The maximum atomic E-state index is 12.3. The van der Waals surface area contributed by atoms with Crippen LogP contribution in [0.4, 0.5) is 13.2 Å². The fraction of sp³-hybridized carbons (Fsp3) is 0.417. The van der Waals surface area contributed by atoms with Crippen molar-refractivity contribution in [1.82, 2.24) is 0 Å². The van der Waals surface area contributed by atoms with Crippen molar-refractivity contribution in [3.63, 3.8) is 0 Å². The maximum absolute atomic E-state index is 12.3. The van der Waals surface area contributed by atoms with E-state index in [0.717, 1.165) is 0 Å². The Morgan fingerprint density at radius 1 is 1.17 bits per heavy atom. The SMILES string of the molecule is CC(C)(C)OC(=O)c1ccccc1SC(F)(F)F. The molecule has 0 saturated carbocycles. The Balaban J connectivity index is 2.99. The second-order valence-electron chi connectivity index (χ2n) is 4.55. The van der Waals surface area contributed by atoms with Crippen LogP contribution in [0.1, 0.15) is 31.1 Å². The molecule has 0 radical (unpaired) electrons. The van der Waals surface area contributed by atoms with Gasteiger partial charge < -0.3 is 4.74 Å². The van der Waals surface area contributed by atoms with Crippen LogP contribution >= 0.6 is 11.8 Å². The summed E-state index contributed by atoms with van der Waals surface area (Å²) >= 11 is -0.319. The lowest BCUT2D eigenvalue weighted by Gasteiger charge is -2.20. The molecule has 6 heteroatoms. The number of carbonyl (C=O) groups excluding carboxylic acids is 1. The quantitative estimate of drug-likeness (QED) is 0.597. The third-order valence-corrected chi connectivity index (χ3v) is 2.54. The molecular weight excluding hydrogens is 265 g/mol. The van der Waals surface area contributed by atoms with Crippen molar-refractivity contribution in [1.29, 1.82) is 0 Å². The number of alkyl halides is 3. The van der Waals surface area contributed by atoms with Crippen molar-refractivity contribution >= 4 is 17.7 Å². The average molecular weight is 278 g/mol. The average Bonchev–Trinajstić information content (AvgIpc) is 2.12. The van der Waals surface area contributed by atoms with Gasteiger partial charge in [-0.15, -0.1) is 0 Å². The van der Waals surface area contributed by atoms with Crippen LogP contribution in [0.2, 0.25) is 0 Å². The zero-order valence-corrected chi connectivity index (χ0v) is 11.0. The van der Waals surface area contributed by atoms with Gasteiger partial charge >= 0.3 is 11.5 Å². The number of benzene rings is 1. The zero-order valence-electron chi connectivity index (χ0n) is 10.2. The fourth-order valence-electron chi connectivity index (χ4n) is 1.18. The van der Waals surface area contributed by atoms with Gasteiger partial charge in [-0.1, -0.05) is 12.1 Å². The second kappa shape index (κ2) is 5.22. The maximum Gasteiger partial charge on any atom is 0.446 e. The molecule has 0 spiro atoms. The van der Waals surface area contributed by atoms with E-state index in [-0.39, 0.29) is 22.2 Å². The van der Waals surface area contributed by atoms with Crippen LogP contribution in [0.5, 0.6) is 0 Å². The van der Waals surface area contributed by atoms with E-state index in [1.165, 1.54) is 24.3 Å². The number of carbonyl (C=O) groups is 1. The molecule has 18 heavy (non-hydrogen) atoms. The van der Waals surface area contributed by atoms with E-state index < -0.39 is 17.1 Å². The number of ether oxygens (including phenoxy) is 1. The highest BCUT2D eigenvalue weighted by Crippen LogP contribution is 2.38. The highest BCUT2D eigenvalue weighted by Gasteiger charge is 2.32. The summed E-state index contributed by atoms with van der Waals surface area (Å²) in [6.45, 7) is 4.97. The molecule has 0 aliphatic heterocycles. The molecule has 0 aliphatic carbocycles. The Kier molecular flexibility index (Phi) is 4.32. The summed E-state index contributed by atoms with van der Waals surface area (Å²) in [7, 11) is 0. The van der Waals surface area contributed by atoms with Crippen molar-refractivity contribution in [3.8, 4) is 0 Å². The molecule has 100 valence electrons. The van der Waals surface area contributed by atoms with E-state index in [4.69, 9.17) is 4.74 Å². The topological polar surface area (TPSA) is 26.3 Å². The first-order chi connectivity index (χ1) is 8.08. The second-order valence-corrected chi connectivity index (χ2v) is 5.65. The third kappa shape index (κ3) is 5.00. The number of rotatable bonds is 2. The summed E-state index contributed by atoms with van der Waals surface area (Å²) in [5, 5.41) is 0. The molecule has 0 amide bonds. The molecule has 0 aromatic heterocycles. The van der Waals surface area contributed by atoms with E-state index in [1.54, 1.807) is 20.8 Å². The molecule has 2 nitrogen and oxygen atoms in total. The van der Waals surface area contributed by atoms with Gasteiger partial charge in [0.1, 0.15) is 5.60 Å². The van der Waals surface area contributed by atoms with Crippen LogP contribution in [-0.4, -0.2) is 17.1 Å².